The van der Waals surface area contributed by atoms with Gasteiger partial charge in [0.2, 0.25) is 0 Å². The summed E-state index contributed by atoms with van der Waals surface area (Å²) in [5, 5.41) is 9.80. The van der Waals surface area contributed by atoms with Crippen LogP contribution in [0.1, 0.15) is 6.92 Å². The van der Waals surface area contributed by atoms with Crippen molar-refractivity contribution in [2.45, 2.75) is 18.1 Å². The lowest BCUT2D eigenvalue weighted by atomic mass is 10.5. The van der Waals surface area contributed by atoms with Gasteiger partial charge >= 0.3 is 0 Å². The first-order valence-electron chi connectivity index (χ1n) is 3.36. The van der Waals surface area contributed by atoms with Gasteiger partial charge in [-0.25, -0.2) is 4.98 Å². The highest BCUT2D eigenvalue weighted by Crippen LogP contribution is 2.13. The van der Waals surface area contributed by atoms with Crippen molar-refractivity contribution < 1.29 is 5.11 Å². The smallest absolute Gasteiger partial charge is 0.114 e. The van der Waals surface area contributed by atoms with Crippen LogP contribution in [0.3, 0.4) is 0 Å². The van der Waals surface area contributed by atoms with Crippen LogP contribution < -0.4 is 0 Å². The second kappa shape index (κ2) is 4.31. The molecule has 1 aromatic rings. The van der Waals surface area contributed by atoms with Crippen LogP contribution >= 0.6 is 11.8 Å². The maximum atomic E-state index is 8.94. The van der Waals surface area contributed by atoms with E-state index < -0.39 is 0 Å². The van der Waals surface area contributed by atoms with Crippen molar-refractivity contribution in [2.24, 2.45) is 0 Å². The van der Waals surface area contributed by atoms with Crippen LogP contribution in [-0.4, -0.2) is 26.9 Å². The van der Waals surface area contributed by atoms with Crippen LogP contribution in [0.2, 0.25) is 0 Å². The summed E-state index contributed by atoms with van der Waals surface area (Å²) >= 11 is 1.50. The van der Waals surface area contributed by atoms with E-state index in [1.807, 2.05) is 0 Å². The van der Waals surface area contributed by atoms with E-state index in [2.05, 4.69) is 9.97 Å². The van der Waals surface area contributed by atoms with Gasteiger partial charge in [-0.3, -0.25) is 4.98 Å². The molecular formula is C7H10N2OS. The zero-order valence-electron chi connectivity index (χ0n) is 6.27. The van der Waals surface area contributed by atoms with Crippen molar-refractivity contribution >= 4 is 11.8 Å². The lowest BCUT2D eigenvalue weighted by Crippen LogP contribution is -2.02. The topological polar surface area (TPSA) is 46.0 Å². The normalized spacial score (nSPS) is 12.9. The Morgan fingerprint density at radius 3 is 3.00 bits per heavy atom. The van der Waals surface area contributed by atoms with Gasteiger partial charge in [-0.1, -0.05) is 0 Å². The number of rotatable bonds is 3. The van der Waals surface area contributed by atoms with E-state index >= 15 is 0 Å². The van der Waals surface area contributed by atoms with Gasteiger partial charge < -0.3 is 5.11 Å². The monoisotopic (exact) mass is 170 g/mol. The van der Waals surface area contributed by atoms with Crippen LogP contribution in [-0.2, 0) is 0 Å². The summed E-state index contributed by atoms with van der Waals surface area (Å²) in [6, 6.07) is 0. The van der Waals surface area contributed by atoms with Gasteiger partial charge in [-0.15, -0.1) is 11.8 Å². The van der Waals surface area contributed by atoms with Gasteiger partial charge in [0.05, 0.1) is 12.3 Å². The molecule has 11 heavy (non-hydrogen) atoms. The van der Waals surface area contributed by atoms with Crippen molar-refractivity contribution in [1.29, 1.82) is 0 Å². The van der Waals surface area contributed by atoms with Gasteiger partial charge in [-0.2, -0.15) is 0 Å². The Hall–Kier alpha value is -0.610. The lowest BCUT2D eigenvalue weighted by molar-refractivity contribution is 0.220. The van der Waals surface area contributed by atoms with Crippen molar-refractivity contribution in [2.75, 3.05) is 5.75 Å². The molecule has 0 aliphatic rings. The third-order valence-electron chi connectivity index (χ3n) is 1.01. The molecule has 1 unspecified atom stereocenters. The Kier molecular flexibility index (Phi) is 3.32. The van der Waals surface area contributed by atoms with Crippen LogP contribution in [0.5, 0.6) is 0 Å². The molecule has 3 nitrogen and oxygen atoms in total. The minimum absolute atomic E-state index is 0.290. The number of thioether (sulfide) groups is 1. The first-order valence-corrected chi connectivity index (χ1v) is 4.34. The highest BCUT2D eigenvalue weighted by molar-refractivity contribution is 7.99. The highest BCUT2D eigenvalue weighted by atomic mass is 32.2. The Bertz CT molecular complexity index is 203. The molecule has 1 atom stereocenters. The van der Waals surface area contributed by atoms with Crippen LogP contribution in [0, 0.1) is 0 Å². The van der Waals surface area contributed by atoms with Gasteiger partial charge in [0, 0.05) is 18.1 Å². The third-order valence-corrected chi connectivity index (χ3v) is 2.17. The molecule has 1 heterocycles. The van der Waals surface area contributed by atoms with E-state index in [0.717, 1.165) is 5.03 Å². The first kappa shape index (κ1) is 8.49. The Morgan fingerprint density at radius 2 is 2.45 bits per heavy atom. The first-order chi connectivity index (χ1) is 5.29. The van der Waals surface area contributed by atoms with Gasteiger partial charge in [0.1, 0.15) is 5.03 Å². The summed E-state index contributed by atoms with van der Waals surface area (Å²) in [5.41, 5.74) is 0. The van der Waals surface area contributed by atoms with E-state index in [0.29, 0.717) is 5.75 Å². The van der Waals surface area contributed by atoms with Crippen molar-refractivity contribution in [3.05, 3.63) is 18.6 Å². The average molecular weight is 170 g/mol. The largest absolute Gasteiger partial charge is 0.393 e. The molecule has 0 saturated heterocycles. The Morgan fingerprint density at radius 1 is 1.64 bits per heavy atom. The number of hydrogen-bond donors (Lipinski definition) is 1. The minimum Gasteiger partial charge on any atom is -0.393 e. The fourth-order valence-corrected chi connectivity index (χ4v) is 1.25. The average Bonchev–Trinajstić information content (AvgIpc) is 2.03. The fourth-order valence-electron chi connectivity index (χ4n) is 0.566. The van der Waals surface area contributed by atoms with Crippen LogP contribution in [0.4, 0.5) is 0 Å². The van der Waals surface area contributed by atoms with Crippen molar-refractivity contribution in [3.63, 3.8) is 0 Å². The molecular weight excluding hydrogens is 160 g/mol. The molecule has 0 amide bonds. The molecule has 1 aromatic heterocycles. The lowest BCUT2D eigenvalue weighted by Gasteiger charge is -2.01. The highest BCUT2D eigenvalue weighted by Gasteiger charge is 1.97. The zero-order chi connectivity index (χ0) is 8.10. The number of nitrogens with zero attached hydrogens (tertiary/aromatic N) is 2. The molecule has 4 heteroatoms. The van der Waals surface area contributed by atoms with Crippen LogP contribution in [0.25, 0.3) is 0 Å². The number of hydrogen-bond acceptors (Lipinski definition) is 4. The minimum atomic E-state index is -0.290. The summed E-state index contributed by atoms with van der Waals surface area (Å²) < 4.78 is 0. The zero-order valence-corrected chi connectivity index (χ0v) is 7.08. The Labute approximate surface area is 69.9 Å². The standard InChI is InChI=1S/C7H10N2OS/c1-6(10)5-11-7-4-8-2-3-9-7/h2-4,6,10H,5H2,1H3. The molecule has 0 aliphatic heterocycles. The second-order valence-electron chi connectivity index (χ2n) is 2.20. The maximum absolute atomic E-state index is 8.94. The van der Waals surface area contributed by atoms with Gasteiger partial charge in [0.15, 0.2) is 0 Å². The third kappa shape index (κ3) is 3.34. The summed E-state index contributed by atoms with van der Waals surface area (Å²) in [5.74, 6) is 0.665. The summed E-state index contributed by atoms with van der Waals surface area (Å²) in [7, 11) is 0. The van der Waals surface area contributed by atoms with E-state index in [1.165, 1.54) is 11.8 Å². The molecule has 60 valence electrons. The molecule has 0 fully saturated rings. The molecule has 0 bridgehead atoms. The summed E-state index contributed by atoms with van der Waals surface area (Å²) in [4.78, 5) is 7.94. The molecule has 1 rings (SSSR count). The Balaban J connectivity index is 2.39. The molecule has 0 aromatic carbocycles. The van der Waals surface area contributed by atoms with Gasteiger partial charge in [-0.05, 0) is 6.92 Å². The fraction of sp³-hybridized carbons (Fsp3) is 0.429. The van der Waals surface area contributed by atoms with E-state index in [-0.39, 0.29) is 6.10 Å². The molecule has 0 radical (unpaired) electrons. The van der Waals surface area contributed by atoms with E-state index in [1.54, 1.807) is 25.5 Å². The molecule has 0 aliphatic carbocycles. The van der Waals surface area contributed by atoms with E-state index in [9.17, 15) is 0 Å². The number of aliphatic hydroxyl groups excluding tert-OH is 1. The second-order valence-corrected chi connectivity index (χ2v) is 3.24. The van der Waals surface area contributed by atoms with Crippen molar-refractivity contribution in [1.82, 2.24) is 9.97 Å². The SMILES string of the molecule is CC(O)CSc1cnccn1. The maximum Gasteiger partial charge on any atom is 0.114 e. The molecule has 1 N–H and O–H groups in total. The van der Waals surface area contributed by atoms with Crippen LogP contribution in [0.15, 0.2) is 23.6 Å². The van der Waals surface area contributed by atoms with Crippen molar-refractivity contribution in [3.8, 4) is 0 Å². The molecule has 0 spiro atoms. The summed E-state index contributed by atoms with van der Waals surface area (Å²) in [6.45, 7) is 1.75. The van der Waals surface area contributed by atoms with Gasteiger partial charge in [0.25, 0.3) is 0 Å². The predicted molar refractivity (Wildman–Crippen MR) is 44.4 cm³/mol. The quantitative estimate of drug-likeness (QED) is 0.686. The number of aliphatic hydroxyl groups is 1. The predicted octanol–water partition coefficient (Wildman–Crippen LogP) is 0.950. The molecule has 0 saturated carbocycles. The van der Waals surface area contributed by atoms with E-state index in [4.69, 9.17) is 5.11 Å². The number of aromatic nitrogens is 2. The summed E-state index contributed by atoms with van der Waals surface area (Å²) in [6.07, 6.45) is 4.67.